The number of aromatic nitrogens is 6. The van der Waals surface area contributed by atoms with Gasteiger partial charge < -0.3 is 15.0 Å². The lowest BCUT2D eigenvalue weighted by molar-refractivity contribution is -0.109. The van der Waals surface area contributed by atoms with Gasteiger partial charge in [-0.3, -0.25) is 9.78 Å². The molecule has 0 saturated heterocycles. The van der Waals surface area contributed by atoms with Crippen LogP contribution < -0.4 is 10.2 Å². The van der Waals surface area contributed by atoms with Crippen molar-refractivity contribution in [1.29, 1.82) is 0 Å². The van der Waals surface area contributed by atoms with E-state index in [1.165, 1.54) is 19.2 Å². The highest BCUT2D eigenvalue weighted by Crippen LogP contribution is 2.40. The van der Waals surface area contributed by atoms with E-state index >= 15 is 0 Å². The average Bonchev–Trinajstić information content (AvgIpc) is 3.35. The molecule has 10 heteroatoms. The van der Waals surface area contributed by atoms with Crippen molar-refractivity contribution in [3.05, 3.63) is 53.5 Å². The summed E-state index contributed by atoms with van der Waals surface area (Å²) in [6.07, 6.45) is 6.77. The predicted molar refractivity (Wildman–Crippen MR) is 119 cm³/mol. The standard InChI is InChI=1S/C22H28N8O2/c1-15-10-16(6-8-23-15)12-29-14-24-21(27-29)22(32)25-18(13-31)7-9-30-20(28(2)3)11-19(26-30)17-4-5-17/h6,8,10-11,13-14,17-18H,4-5,7,9,12H2,1-3H3,(H,25,32). The number of rotatable bonds is 10. The molecule has 1 fully saturated rings. The van der Waals surface area contributed by atoms with Crippen LogP contribution in [0.4, 0.5) is 5.82 Å². The van der Waals surface area contributed by atoms with Gasteiger partial charge in [0, 0.05) is 44.5 Å². The number of aldehydes is 1. The lowest BCUT2D eigenvalue weighted by atomic mass is 10.2. The Morgan fingerprint density at radius 1 is 1.28 bits per heavy atom. The summed E-state index contributed by atoms with van der Waals surface area (Å²) >= 11 is 0. The Balaban J connectivity index is 1.35. The highest BCUT2D eigenvalue weighted by Gasteiger charge is 2.28. The molecule has 0 radical (unpaired) electrons. The smallest absolute Gasteiger partial charge is 0.291 e. The highest BCUT2D eigenvalue weighted by atomic mass is 16.2. The number of carbonyl (C=O) groups is 2. The largest absolute Gasteiger partial charge is 0.363 e. The first kappa shape index (κ1) is 21.7. The van der Waals surface area contributed by atoms with Crippen molar-refractivity contribution >= 4 is 18.0 Å². The van der Waals surface area contributed by atoms with Gasteiger partial charge in [-0.05, 0) is 43.9 Å². The van der Waals surface area contributed by atoms with E-state index in [4.69, 9.17) is 5.10 Å². The van der Waals surface area contributed by atoms with Crippen molar-refractivity contribution < 1.29 is 9.59 Å². The summed E-state index contributed by atoms with van der Waals surface area (Å²) in [4.78, 5) is 34.5. The van der Waals surface area contributed by atoms with Crippen LogP contribution in [-0.4, -0.2) is 61.9 Å². The van der Waals surface area contributed by atoms with Crippen LogP contribution in [0, 0.1) is 6.92 Å². The van der Waals surface area contributed by atoms with Gasteiger partial charge in [0.05, 0.1) is 18.3 Å². The maximum Gasteiger partial charge on any atom is 0.291 e. The molecular formula is C22H28N8O2. The maximum atomic E-state index is 12.6. The first-order chi connectivity index (χ1) is 15.4. The summed E-state index contributed by atoms with van der Waals surface area (Å²) in [5, 5.41) is 11.7. The summed E-state index contributed by atoms with van der Waals surface area (Å²) in [6, 6.07) is 5.30. The molecule has 1 atom stereocenters. The molecule has 4 rings (SSSR count). The Morgan fingerprint density at radius 3 is 2.78 bits per heavy atom. The molecule has 168 valence electrons. The zero-order valence-corrected chi connectivity index (χ0v) is 18.6. The maximum absolute atomic E-state index is 12.6. The van der Waals surface area contributed by atoms with Crippen LogP contribution in [0.2, 0.25) is 0 Å². The zero-order chi connectivity index (χ0) is 22.7. The van der Waals surface area contributed by atoms with Gasteiger partial charge in [-0.15, -0.1) is 5.10 Å². The van der Waals surface area contributed by atoms with Crippen LogP contribution in [0.3, 0.4) is 0 Å². The molecule has 0 spiro atoms. The van der Waals surface area contributed by atoms with Crippen LogP contribution in [-0.2, 0) is 17.9 Å². The lowest BCUT2D eigenvalue weighted by Gasteiger charge is -2.16. The number of aryl methyl sites for hydroxylation is 2. The second-order valence-electron chi connectivity index (χ2n) is 8.40. The van der Waals surface area contributed by atoms with Crippen molar-refractivity contribution in [3.63, 3.8) is 0 Å². The fourth-order valence-electron chi connectivity index (χ4n) is 3.56. The van der Waals surface area contributed by atoms with Crippen molar-refractivity contribution in [2.24, 2.45) is 0 Å². The topological polar surface area (TPSA) is 111 Å². The minimum Gasteiger partial charge on any atom is -0.363 e. The van der Waals surface area contributed by atoms with Gasteiger partial charge in [0.1, 0.15) is 18.4 Å². The number of nitrogens with one attached hydrogen (secondary N) is 1. The molecule has 0 bridgehead atoms. The average molecular weight is 437 g/mol. The van der Waals surface area contributed by atoms with E-state index in [0.29, 0.717) is 25.4 Å². The minimum absolute atomic E-state index is 0.0340. The molecule has 1 aliphatic rings. The van der Waals surface area contributed by atoms with Crippen molar-refractivity contribution in [2.45, 2.75) is 51.2 Å². The van der Waals surface area contributed by atoms with Crippen LogP contribution in [0.1, 0.15) is 52.8 Å². The Bertz CT molecular complexity index is 1100. The normalized spacial score (nSPS) is 14.2. The van der Waals surface area contributed by atoms with E-state index < -0.39 is 11.9 Å². The molecule has 10 nitrogen and oxygen atoms in total. The van der Waals surface area contributed by atoms with Gasteiger partial charge in [-0.2, -0.15) is 5.10 Å². The van der Waals surface area contributed by atoms with Gasteiger partial charge in [0.15, 0.2) is 0 Å². The number of carbonyl (C=O) groups excluding carboxylic acids is 2. The molecule has 3 aromatic heterocycles. The number of hydrogen-bond donors (Lipinski definition) is 1. The van der Waals surface area contributed by atoms with Crippen LogP contribution in [0.25, 0.3) is 0 Å². The third-order valence-electron chi connectivity index (χ3n) is 5.41. The number of amides is 1. The molecule has 3 aromatic rings. The van der Waals surface area contributed by atoms with Crippen LogP contribution in [0.5, 0.6) is 0 Å². The van der Waals surface area contributed by atoms with Gasteiger partial charge in [-0.1, -0.05) is 0 Å². The highest BCUT2D eigenvalue weighted by molar-refractivity contribution is 5.92. The van der Waals surface area contributed by atoms with Gasteiger partial charge in [0.2, 0.25) is 5.82 Å². The molecule has 1 amide bonds. The lowest BCUT2D eigenvalue weighted by Crippen LogP contribution is -2.37. The van der Waals surface area contributed by atoms with Crippen molar-refractivity contribution in [1.82, 2.24) is 34.8 Å². The van der Waals surface area contributed by atoms with E-state index in [2.05, 4.69) is 26.4 Å². The quantitative estimate of drug-likeness (QED) is 0.480. The second-order valence-corrected chi connectivity index (χ2v) is 8.40. The van der Waals surface area contributed by atoms with Gasteiger partial charge in [0.25, 0.3) is 5.91 Å². The first-order valence-electron chi connectivity index (χ1n) is 10.7. The molecule has 1 unspecified atom stereocenters. The summed E-state index contributed by atoms with van der Waals surface area (Å²) < 4.78 is 3.49. The Labute approximate surface area is 186 Å². The monoisotopic (exact) mass is 436 g/mol. The fourth-order valence-corrected chi connectivity index (χ4v) is 3.56. The summed E-state index contributed by atoms with van der Waals surface area (Å²) in [5.41, 5.74) is 3.02. The molecule has 1 aliphatic carbocycles. The van der Waals surface area contributed by atoms with E-state index in [0.717, 1.165) is 29.1 Å². The summed E-state index contributed by atoms with van der Waals surface area (Å²) in [6.45, 7) is 2.92. The van der Waals surface area contributed by atoms with Crippen LogP contribution >= 0.6 is 0 Å². The molecule has 1 N–H and O–H groups in total. The molecule has 1 saturated carbocycles. The van der Waals surface area contributed by atoms with Crippen LogP contribution in [0.15, 0.2) is 30.7 Å². The molecule has 0 aromatic carbocycles. The second kappa shape index (κ2) is 9.29. The third-order valence-corrected chi connectivity index (χ3v) is 5.41. The minimum atomic E-state index is -0.652. The van der Waals surface area contributed by atoms with Crippen molar-refractivity contribution in [2.75, 3.05) is 19.0 Å². The molecular weight excluding hydrogens is 408 g/mol. The van der Waals surface area contributed by atoms with E-state index in [9.17, 15) is 9.59 Å². The zero-order valence-electron chi connectivity index (χ0n) is 18.6. The molecule has 32 heavy (non-hydrogen) atoms. The predicted octanol–water partition coefficient (Wildman–Crippen LogP) is 1.56. The fraction of sp³-hybridized carbons (Fsp3) is 0.455. The number of anilines is 1. The Kier molecular flexibility index (Phi) is 6.29. The summed E-state index contributed by atoms with van der Waals surface area (Å²) in [5.74, 6) is 1.11. The van der Waals surface area contributed by atoms with Gasteiger partial charge in [-0.25, -0.2) is 14.3 Å². The van der Waals surface area contributed by atoms with Crippen molar-refractivity contribution in [3.8, 4) is 0 Å². The van der Waals surface area contributed by atoms with Gasteiger partial charge >= 0.3 is 0 Å². The number of hydrogen-bond acceptors (Lipinski definition) is 7. The van der Waals surface area contributed by atoms with E-state index in [-0.39, 0.29) is 5.82 Å². The molecule has 0 aliphatic heterocycles. The third kappa shape index (κ3) is 5.19. The molecule has 3 heterocycles. The SMILES string of the molecule is Cc1cc(Cn2cnc(C(=O)NC(C=O)CCn3nc(C4CC4)cc3N(C)C)n2)ccn1. The van der Waals surface area contributed by atoms with E-state index in [1.54, 1.807) is 10.9 Å². The number of nitrogens with zero attached hydrogens (tertiary/aromatic N) is 7. The first-order valence-corrected chi connectivity index (χ1v) is 10.7. The Morgan fingerprint density at radius 2 is 2.09 bits per heavy atom. The summed E-state index contributed by atoms with van der Waals surface area (Å²) in [7, 11) is 3.94. The number of pyridine rings is 1. The Hall–Kier alpha value is -3.56. The van der Waals surface area contributed by atoms with E-state index in [1.807, 2.05) is 42.7 Å².